The summed E-state index contributed by atoms with van der Waals surface area (Å²) in [6, 6.07) is 0. The van der Waals surface area contributed by atoms with E-state index in [-0.39, 0.29) is 18.3 Å². The predicted octanol–water partition coefficient (Wildman–Crippen LogP) is 1.01. The summed E-state index contributed by atoms with van der Waals surface area (Å²) >= 11 is 0. The third-order valence-electron chi connectivity index (χ3n) is 1.80. The molecule has 2 atom stereocenters. The Labute approximate surface area is 84.6 Å². The number of aliphatic hydroxyl groups excluding tert-OH is 2. The minimum atomic E-state index is -1.04. The molecule has 0 aromatic carbocycles. The van der Waals surface area contributed by atoms with Crippen LogP contribution in [0.3, 0.4) is 0 Å². The van der Waals surface area contributed by atoms with Gasteiger partial charge in [-0.05, 0) is 18.3 Å². The minimum absolute atomic E-state index is 0.0115. The molecule has 0 bridgehead atoms. The second-order valence-corrected chi connectivity index (χ2v) is 4.91. The van der Waals surface area contributed by atoms with Gasteiger partial charge in [0.2, 0.25) is 0 Å². The molecule has 0 aliphatic heterocycles. The summed E-state index contributed by atoms with van der Waals surface area (Å²) in [5.74, 6) is -1.04. The van der Waals surface area contributed by atoms with Gasteiger partial charge < -0.3 is 15.3 Å². The summed E-state index contributed by atoms with van der Waals surface area (Å²) in [7, 11) is 0. The average Bonchev–Trinajstić information content (AvgIpc) is 1.77. The van der Waals surface area contributed by atoms with E-state index in [9.17, 15) is 15.0 Å². The third-order valence-corrected chi connectivity index (χ3v) is 1.80. The summed E-state index contributed by atoms with van der Waals surface area (Å²) in [5, 5.41) is 27.1. The van der Waals surface area contributed by atoms with E-state index in [1.54, 1.807) is 0 Å². The van der Waals surface area contributed by atoms with Crippen LogP contribution in [0.2, 0.25) is 0 Å². The SMILES string of the molecule is CC(C)(C)CC(O)CC(O)CC(=O)O. The third kappa shape index (κ3) is 8.01. The van der Waals surface area contributed by atoms with E-state index in [4.69, 9.17) is 5.11 Å². The fourth-order valence-corrected chi connectivity index (χ4v) is 1.39. The van der Waals surface area contributed by atoms with Gasteiger partial charge in [0.05, 0.1) is 18.6 Å². The first-order valence-electron chi connectivity index (χ1n) is 4.78. The van der Waals surface area contributed by atoms with E-state index in [2.05, 4.69) is 0 Å². The molecular formula is C10H20O4. The van der Waals surface area contributed by atoms with Crippen molar-refractivity contribution < 1.29 is 20.1 Å². The zero-order valence-corrected chi connectivity index (χ0v) is 9.03. The highest BCUT2D eigenvalue weighted by atomic mass is 16.4. The Morgan fingerprint density at radius 1 is 1.21 bits per heavy atom. The van der Waals surface area contributed by atoms with Gasteiger partial charge in [0.15, 0.2) is 0 Å². The van der Waals surface area contributed by atoms with Crippen LogP contribution in [-0.4, -0.2) is 33.5 Å². The first-order valence-corrected chi connectivity index (χ1v) is 4.78. The first kappa shape index (κ1) is 13.4. The Balaban J connectivity index is 3.82. The van der Waals surface area contributed by atoms with Crippen molar-refractivity contribution >= 4 is 5.97 Å². The van der Waals surface area contributed by atoms with Crippen molar-refractivity contribution in [2.45, 2.75) is 52.2 Å². The largest absolute Gasteiger partial charge is 0.481 e. The molecule has 0 aliphatic rings. The smallest absolute Gasteiger partial charge is 0.305 e. The van der Waals surface area contributed by atoms with E-state index in [0.717, 1.165) is 0 Å². The van der Waals surface area contributed by atoms with Crippen LogP contribution in [0.15, 0.2) is 0 Å². The van der Waals surface area contributed by atoms with Gasteiger partial charge in [0.25, 0.3) is 0 Å². The molecular weight excluding hydrogens is 184 g/mol. The molecule has 0 rings (SSSR count). The molecule has 0 saturated heterocycles. The Hall–Kier alpha value is -0.610. The van der Waals surface area contributed by atoms with Gasteiger partial charge in [-0.1, -0.05) is 20.8 Å². The van der Waals surface area contributed by atoms with Crippen LogP contribution < -0.4 is 0 Å². The number of aliphatic carboxylic acids is 1. The van der Waals surface area contributed by atoms with Crippen molar-refractivity contribution in [2.24, 2.45) is 5.41 Å². The molecule has 0 amide bonds. The Kier molecular flexibility index (Phi) is 5.08. The van der Waals surface area contributed by atoms with Crippen molar-refractivity contribution in [1.82, 2.24) is 0 Å². The van der Waals surface area contributed by atoms with Crippen LogP contribution in [-0.2, 0) is 4.79 Å². The molecule has 0 aromatic heterocycles. The van der Waals surface area contributed by atoms with Crippen LogP contribution >= 0.6 is 0 Å². The maximum atomic E-state index is 10.2. The number of carboxylic acid groups (broad SMARTS) is 1. The lowest BCUT2D eigenvalue weighted by molar-refractivity contribution is -0.139. The van der Waals surface area contributed by atoms with Crippen molar-refractivity contribution in [3.63, 3.8) is 0 Å². The van der Waals surface area contributed by atoms with Crippen LogP contribution in [0.5, 0.6) is 0 Å². The van der Waals surface area contributed by atoms with Gasteiger partial charge >= 0.3 is 5.97 Å². The number of rotatable bonds is 5. The lowest BCUT2D eigenvalue weighted by atomic mass is 9.87. The summed E-state index contributed by atoms with van der Waals surface area (Å²) in [4.78, 5) is 10.2. The van der Waals surface area contributed by atoms with E-state index >= 15 is 0 Å². The van der Waals surface area contributed by atoms with E-state index < -0.39 is 18.2 Å². The topological polar surface area (TPSA) is 77.8 Å². The van der Waals surface area contributed by atoms with Crippen molar-refractivity contribution in [1.29, 1.82) is 0 Å². The van der Waals surface area contributed by atoms with Crippen LogP contribution in [0.1, 0.15) is 40.0 Å². The maximum Gasteiger partial charge on any atom is 0.305 e. The van der Waals surface area contributed by atoms with Gasteiger partial charge in [-0.3, -0.25) is 4.79 Å². The zero-order chi connectivity index (χ0) is 11.4. The maximum absolute atomic E-state index is 10.2. The molecule has 0 saturated carbocycles. The van der Waals surface area contributed by atoms with E-state index in [0.29, 0.717) is 6.42 Å². The first-order chi connectivity index (χ1) is 6.20. The fourth-order valence-electron chi connectivity index (χ4n) is 1.39. The van der Waals surface area contributed by atoms with Crippen molar-refractivity contribution in [3.8, 4) is 0 Å². The second-order valence-electron chi connectivity index (χ2n) is 4.91. The van der Waals surface area contributed by atoms with E-state index in [1.165, 1.54) is 0 Å². The molecule has 14 heavy (non-hydrogen) atoms. The number of hydrogen-bond acceptors (Lipinski definition) is 3. The Bertz CT molecular complexity index is 183. The second kappa shape index (κ2) is 5.32. The highest BCUT2D eigenvalue weighted by molar-refractivity contribution is 5.67. The van der Waals surface area contributed by atoms with Crippen LogP contribution in [0.25, 0.3) is 0 Å². The highest BCUT2D eigenvalue weighted by Crippen LogP contribution is 2.22. The quantitative estimate of drug-likeness (QED) is 0.624. The van der Waals surface area contributed by atoms with E-state index in [1.807, 2.05) is 20.8 Å². The number of carbonyl (C=O) groups is 1. The summed E-state index contributed by atoms with van der Waals surface area (Å²) < 4.78 is 0. The molecule has 0 fully saturated rings. The van der Waals surface area contributed by atoms with Gasteiger partial charge in [-0.25, -0.2) is 0 Å². The predicted molar refractivity (Wildman–Crippen MR) is 53.0 cm³/mol. The summed E-state index contributed by atoms with van der Waals surface area (Å²) in [6.07, 6.45) is -1.21. The lowest BCUT2D eigenvalue weighted by Gasteiger charge is -2.23. The molecule has 0 heterocycles. The summed E-state index contributed by atoms with van der Waals surface area (Å²) in [5.41, 5.74) is -0.0115. The van der Waals surface area contributed by atoms with Gasteiger partial charge in [0, 0.05) is 0 Å². The normalized spacial score (nSPS) is 16.4. The Morgan fingerprint density at radius 2 is 1.71 bits per heavy atom. The molecule has 0 spiro atoms. The van der Waals surface area contributed by atoms with Crippen LogP contribution in [0.4, 0.5) is 0 Å². The molecule has 84 valence electrons. The molecule has 3 N–H and O–H groups in total. The van der Waals surface area contributed by atoms with Crippen LogP contribution in [0, 0.1) is 5.41 Å². The fraction of sp³-hybridized carbons (Fsp3) is 0.900. The Morgan fingerprint density at radius 3 is 2.07 bits per heavy atom. The number of hydrogen-bond donors (Lipinski definition) is 3. The highest BCUT2D eigenvalue weighted by Gasteiger charge is 2.20. The molecule has 0 radical (unpaired) electrons. The standard InChI is InChI=1S/C10H20O4/c1-10(2,3)6-8(12)4-7(11)5-9(13)14/h7-8,11-12H,4-6H2,1-3H3,(H,13,14). The molecule has 0 aromatic rings. The molecule has 2 unspecified atom stereocenters. The monoisotopic (exact) mass is 204 g/mol. The van der Waals surface area contributed by atoms with Crippen molar-refractivity contribution in [2.75, 3.05) is 0 Å². The minimum Gasteiger partial charge on any atom is -0.481 e. The number of aliphatic hydroxyl groups is 2. The zero-order valence-electron chi connectivity index (χ0n) is 9.03. The number of carboxylic acids is 1. The summed E-state index contributed by atoms with van der Waals surface area (Å²) in [6.45, 7) is 5.96. The van der Waals surface area contributed by atoms with Gasteiger partial charge in [0.1, 0.15) is 0 Å². The van der Waals surface area contributed by atoms with Gasteiger partial charge in [-0.2, -0.15) is 0 Å². The lowest BCUT2D eigenvalue weighted by Crippen LogP contribution is -2.24. The average molecular weight is 204 g/mol. The molecule has 4 heteroatoms. The molecule has 0 aliphatic carbocycles. The van der Waals surface area contributed by atoms with Crippen molar-refractivity contribution in [3.05, 3.63) is 0 Å². The molecule has 4 nitrogen and oxygen atoms in total. The van der Waals surface area contributed by atoms with Gasteiger partial charge in [-0.15, -0.1) is 0 Å².